The number of ketones is 1. The molecule has 3 N–H and O–H groups in total. The third-order valence-electron chi connectivity index (χ3n) is 2.91. The molecule has 0 saturated heterocycles. The molecular formula is C12H15N3O3S2. The van der Waals surface area contributed by atoms with E-state index in [9.17, 15) is 14.4 Å². The molecule has 8 heteroatoms. The molecule has 2 aromatic heterocycles. The van der Waals surface area contributed by atoms with Gasteiger partial charge in [-0.15, -0.1) is 11.3 Å². The molecule has 0 aromatic carbocycles. The summed E-state index contributed by atoms with van der Waals surface area (Å²) in [7, 11) is 0. The lowest BCUT2D eigenvalue weighted by molar-refractivity contribution is 0.102. The van der Waals surface area contributed by atoms with Crippen molar-refractivity contribution in [3.63, 3.8) is 0 Å². The van der Waals surface area contributed by atoms with Crippen molar-refractivity contribution in [2.75, 3.05) is 17.7 Å². The van der Waals surface area contributed by atoms with Crippen LogP contribution in [0.4, 0.5) is 5.69 Å². The number of nitrogens with two attached hydrogens (primary N) is 1. The van der Waals surface area contributed by atoms with Gasteiger partial charge in [0.1, 0.15) is 4.83 Å². The molecular weight excluding hydrogens is 298 g/mol. The Hall–Kier alpha value is -1.54. The maximum absolute atomic E-state index is 11.9. The first-order chi connectivity index (χ1) is 9.47. The number of nitrogens with zero attached hydrogens (tertiary/aromatic N) is 1. The molecule has 0 aliphatic carbocycles. The predicted molar refractivity (Wildman–Crippen MR) is 84.1 cm³/mol. The van der Waals surface area contributed by atoms with Crippen molar-refractivity contribution in [1.82, 2.24) is 9.55 Å². The number of carbonyl (C=O) groups excluding carboxylic acids is 1. The molecule has 2 aromatic rings. The number of thiophene rings is 1. The molecule has 0 amide bonds. The molecule has 108 valence electrons. The fourth-order valence-corrected chi connectivity index (χ4v) is 3.55. The van der Waals surface area contributed by atoms with Gasteiger partial charge in [-0.1, -0.05) is 0 Å². The van der Waals surface area contributed by atoms with E-state index in [1.807, 2.05) is 6.26 Å². The van der Waals surface area contributed by atoms with E-state index in [2.05, 4.69) is 4.98 Å². The Morgan fingerprint density at radius 3 is 2.75 bits per heavy atom. The molecule has 0 aliphatic heterocycles. The maximum atomic E-state index is 11.9. The van der Waals surface area contributed by atoms with E-state index in [0.717, 1.165) is 23.5 Å². The van der Waals surface area contributed by atoms with E-state index >= 15 is 0 Å². The van der Waals surface area contributed by atoms with Crippen molar-refractivity contribution in [3.8, 4) is 0 Å². The fraction of sp³-hybridized carbons (Fsp3) is 0.417. The summed E-state index contributed by atoms with van der Waals surface area (Å²) in [4.78, 5) is 38.4. The highest BCUT2D eigenvalue weighted by Gasteiger charge is 2.19. The molecule has 0 unspecified atom stereocenters. The summed E-state index contributed by atoms with van der Waals surface area (Å²) in [6, 6.07) is 0. The Morgan fingerprint density at radius 2 is 2.15 bits per heavy atom. The van der Waals surface area contributed by atoms with Gasteiger partial charge in [-0.25, -0.2) is 4.79 Å². The van der Waals surface area contributed by atoms with Crippen molar-refractivity contribution >= 4 is 44.8 Å². The number of aromatic nitrogens is 2. The minimum Gasteiger partial charge on any atom is -0.397 e. The fourth-order valence-electron chi connectivity index (χ4n) is 1.99. The summed E-state index contributed by atoms with van der Waals surface area (Å²) < 4.78 is 1.49. The van der Waals surface area contributed by atoms with Crippen molar-refractivity contribution in [2.45, 2.75) is 19.9 Å². The van der Waals surface area contributed by atoms with E-state index < -0.39 is 11.2 Å². The highest BCUT2D eigenvalue weighted by Crippen LogP contribution is 2.30. The van der Waals surface area contributed by atoms with Crippen LogP contribution in [0.2, 0.25) is 0 Å². The van der Waals surface area contributed by atoms with Crippen molar-refractivity contribution in [2.24, 2.45) is 0 Å². The van der Waals surface area contributed by atoms with Gasteiger partial charge in [-0.3, -0.25) is 19.1 Å². The van der Waals surface area contributed by atoms with Crippen LogP contribution in [0.3, 0.4) is 0 Å². The molecule has 0 saturated carbocycles. The van der Waals surface area contributed by atoms with Crippen LogP contribution in [-0.2, 0) is 6.54 Å². The van der Waals surface area contributed by atoms with Crippen LogP contribution in [-0.4, -0.2) is 27.3 Å². The van der Waals surface area contributed by atoms with Crippen molar-refractivity contribution < 1.29 is 4.79 Å². The van der Waals surface area contributed by atoms with Gasteiger partial charge in [0, 0.05) is 13.5 Å². The standard InChI is InChI=1S/C12H15N3O3S2/c1-6(16)9-8(13)7-10(17)14-12(18)15(11(7)20-9)4-3-5-19-2/h3-5,13H2,1-2H3,(H,14,17,18). The van der Waals surface area contributed by atoms with Crippen LogP contribution >= 0.6 is 23.1 Å². The lowest BCUT2D eigenvalue weighted by atomic mass is 10.2. The first-order valence-electron chi connectivity index (χ1n) is 6.02. The second-order valence-electron chi connectivity index (χ2n) is 4.34. The first-order valence-corrected chi connectivity index (χ1v) is 8.23. The quantitative estimate of drug-likeness (QED) is 0.640. The lowest BCUT2D eigenvalue weighted by Crippen LogP contribution is -2.30. The Bertz CT molecular complexity index is 773. The molecule has 6 nitrogen and oxygen atoms in total. The number of carbonyl (C=O) groups is 1. The van der Waals surface area contributed by atoms with Crippen LogP contribution < -0.4 is 17.0 Å². The average molecular weight is 313 g/mol. The molecule has 0 aliphatic rings. The van der Waals surface area contributed by atoms with Gasteiger partial charge >= 0.3 is 5.69 Å². The number of fused-ring (bicyclic) bond motifs is 1. The number of nitrogen functional groups attached to an aromatic ring is 1. The predicted octanol–water partition coefficient (Wildman–Crippen LogP) is 1.29. The van der Waals surface area contributed by atoms with Crippen LogP contribution in [0.15, 0.2) is 9.59 Å². The zero-order chi connectivity index (χ0) is 14.9. The number of hydrogen-bond acceptors (Lipinski definition) is 6. The monoisotopic (exact) mass is 313 g/mol. The Kier molecular flexibility index (Phi) is 4.34. The van der Waals surface area contributed by atoms with E-state index in [4.69, 9.17) is 5.73 Å². The maximum Gasteiger partial charge on any atom is 0.329 e. The van der Waals surface area contributed by atoms with Crippen molar-refractivity contribution in [3.05, 3.63) is 25.7 Å². The van der Waals surface area contributed by atoms with Gasteiger partial charge in [0.05, 0.1) is 16.0 Å². The highest BCUT2D eigenvalue weighted by molar-refractivity contribution is 7.98. The van der Waals surface area contributed by atoms with Crippen LogP contribution in [0.1, 0.15) is 23.0 Å². The van der Waals surface area contributed by atoms with Crippen LogP contribution in [0.25, 0.3) is 10.2 Å². The van der Waals surface area contributed by atoms with Crippen molar-refractivity contribution in [1.29, 1.82) is 0 Å². The molecule has 0 radical (unpaired) electrons. The summed E-state index contributed by atoms with van der Waals surface area (Å²) >= 11 is 2.79. The molecule has 2 rings (SSSR count). The van der Waals surface area contributed by atoms with Gasteiger partial charge in [-0.05, 0) is 18.4 Å². The van der Waals surface area contributed by atoms with Crippen LogP contribution in [0.5, 0.6) is 0 Å². The summed E-state index contributed by atoms with van der Waals surface area (Å²) in [5.41, 5.74) is 5.04. The summed E-state index contributed by atoms with van der Waals surface area (Å²) in [6.45, 7) is 1.88. The summed E-state index contributed by atoms with van der Waals surface area (Å²) in [6.07, 6.45) is 2.79. The zero-order valence-corrected chi connectivity index (χ0v) is 12.8. The molecule has 0 atom stereocenters. The normalized spacial score (nSPS) is 11.1. The number of anilines is 1. The Morgan fingerprint density at radius 1 is 1.45 bits per heavy atom. The van der Waals surface area contributed by atoms with Crippen LogP contribution in [0, 0.1) is 0 Å². The zero-order valence-electron chi connectivity index (χ0n) is 11.2. The van der Waals surface area contributed by atoms with Gasteiger partial charge in [0.15, 0.2) is 5.78 Å². The van der Waals surface area contributed by atoms with E-state index in [0.29, 0.717) is 16.3 Å². The third kappa shape index (κ3) is 2.53. The molecule has 2 heterocycles. The smallest absolute Gasteiger partial charge is 0.329 e. The van der Waals surface area contributed by atoms with E-state index in [1.165, 1.54) is 11.5 Å². The molecule has 0 bridgehead atoms. The minimum atomic E-state index is -0.535. The van der Waals surface area contributed by atoms with Gasteiger partial charge in [0.2, 0.25) is 0 Å². The number of hydrogen-bond donors (Lipinski definition) is 2. The number of Topliss-reactive ketones (excluding diaryl/α,β-unsaturated/α-hetero) is 1. The number of thioether (sulfide) groups is 1. The lowest BCUT2D eigenvalue weighted by Gasteiger charge is -2.05. The second-order valence-corrected chi connectivity index (χ2v) is 6.32. The SMILES string of the molecule is CSCCCn1c(=O)[nH]c(=O)c2c(N)c(C(C)=O)sc21. The molecule has 0 fully saturated rings. The van der Waals surface area contributed by atoms with Gasteiger partial charge < -0.3 is 5.73 Å². The number of aryl methyl sites for hydroxylation is 1. The van der Waals surface area contributed by atoms with Gasteiger partial charge in [0.25, 0.3) is 5.56 Å². The number of aromatic amines is 1. The number of nitrogens with one attached hydrogen (secondary N) is 1. The second kappa shape index (κ2) is 5.84. The van der Waals surface area contributed by atoms with E-state index in [-0.39, 0.29) is 16.9 Å². The summed E-state index contributed by atoms with van der Waals surface area (Å²) in [5.74, 6) is 0.708. The number of H-pyrrole nitrogens is 1. The molecule has 0 spiro atoms. The Labute approximate surface area is 123 Å². The average Bonchev–Trinajstić information content (AvgIpc) is 2.72. The topological polar surface area (TPSA) is 97.9 Å². The summed E-state index contributed by atoms with van der Waals surface area (Å²) in [5, 5.41) is 0.240. The third-order valence-corrected chi connectivity index (χ3v) is 4.94. The highest BCUT2D eigenvalue weighted by atomic mass is 32.2. The number of rotatable bonds is 5. The largest absolute Gasteiger partial charge is 0.397 e. The first kappa shape index (κ1) is 14.9. The Balaban J connectivity index is 2.68. The van der Waals surface area contributed by atoms with E-state index in [1.54, 1.807) is 11.8 Å². The molecule has 20 heavy (non-hydrogen) atoms. The van der Waals surface area contributed by atoms with Gasteiger partial charge in [-0.2, -0.15) is 11.8 Å². The minimum absolute atomic E-state index is 0.164.